The first-order valence-electron chi connectivity index (χ1n) is 10.4. The van der Waals surface area contributed by atoms with Gasteiger partial charge < -0.3 is 20.1 Å². The van der Waals surface area contributed by atoms with Crippen molar-refractivity contribution in [2.75, 3.05) is 0 Å². The van der Waals surface area contributed by atoms with Crippen LogP contribution in [0.5, 0.6) is 0 Å². The van der Waals surface area contributed by atoms with Crippen LogP contribution in [0, 0.1) is 28.6 Å². The van der Waals surface area contributed by atoms with Gasteiger partial charge in [0.15, 0.2) is 0 Å². The zero-order valence-electron chi connectivity index (χ0n) is 16.1. The molecule has 5 fully saturated rings. The van der Waals surface area contributed by atoms with E-state index in [-0.39, 0.29) is 29.1 Å². The molecule has 0 aromatic rings. The van der Waals surface area contributed by atoms with E-state index in [0.717, 1.165) is 44.9 Å². The molecule has 1 aliphatic heterocycles. The molecule has 1 saturated heterocycles. The van der Waals surface area contributed by atoms with Gasteiger partial charge in [-0.3, -0.25) is 4.79 Å². The van der Waals surface area contributed by atoms with E-state index in [1.54, 1.807) is 6.92 Å². The normalized spacial score (nSPS) is 63.3. The van der Waals surface area contributed by atoms with Crippen LogP contribution in [0.1, 0.15) is 65.7 Å². The Kier molecular flexibility index (Phi) is 3.33. The van der Waals surface area contributed by atoms with Gasteiger partial charge in [0.2, 0.25) is 0 Å². The summed E-state index contributed by atoms with van der Waals surface area (Å²) < 4.78 is 6.61. The first-order valence-corrected chi connectivity index (χ1v) is 10.4. The first kappa shape index (κ1) is 17.6. The Labute approximate surface area is 155 Å². The maximum absolute atomic E-state index is 12.3. The van der Waals surface area contributed by atoms with Gasteiger partial charge in [0.25, 0.3) is 0 Å². The summed E-state index contributed by atoms with van der Waals surface area (Å²) in [5.41, 5.74) is -1.70. The Balaban J connectivity index is 1.61. The molecule has 146 valence electrons. The molecule has 0 radical (unpaired) electrons. The highest BCUT2D eigenvalue weighted by Gasteiger charge is 2.90. The number of Topliss-reactive ketones (excluding diaryl/α,β-unsaturated/α-hetero) is 1. The zero-order chi connectivity index (χ0) is 18.7. The lowest BCUT2D eigenvalue weighted by atomic mass is 9.43. The van der Waals surface area contributed by atoms with Gasteiger partial charge in [0.1, 0.15) is 17.0 Å². The van der Waals surface area contributed by atoms with E-state index in [0.29, 0.717) is 5.92 Å². The van der Waals surface area contributed by atoms with Crippen LogP contribution in [0.25, 0.3) is 0 Å². The van der Waals surface area contributed by atoms with E-state index < -0.39 is 28.8 Å². The van der Waals surface area contributed by atoms with Gasteiger partial charge in [-0.2, -0.15) is 0 Å². The Hall–Kier alpha value is -0.490. The summed E-state index contributed by atoms with van der Waals surface area (Å²) in [6.45, 7) is 5.82. The summed E-state index contributed by atoms with van der Waals surface area (Å²) in [7, 11) is 0. The van der Waals surface area contributed by atoms with Crippen LogP contribution in [0.15, 0.2) is 0 Å². The minimum atomic E-state index is -0.943. The molecule has 26 heavy (non-hydrogen) atoms. The van der Waals surface area contributed by atoms with Crippen molar-refractivity contribution in [3.05, 3.63) is 0 Å². The summed E-state index contributed by atoms with van der Waals surface area (Å²) in [5, 5.41) is 32.8. The fraction of sp³-hybridized carbons (Fsp3) is 0.952. The smallest absolute Gasteiger partial charge is 0.133 e. The van der Waals surface area contributed by atoms with E-state index >= 15 is 0 Å². The van der Waals surface area contributed by atoms with Crippen molar-refractivity contribution in [3.63, 3.8) is 0 Å². The number of epoxide rings is 1. The lowest BCUT2D eigenvalue weighted by Crippen LogP contribution is -2.69. The molecule has 1 heterocycles. The molecule has 2 spiro atoms. The summed E-state index contributed by atoms with van der Waals surface area (Å²) >= 11 is 0. The monoisotopic (exact) mass is 364 g/mol. The third-order valence-corrected chi connectivity index (χ3v) is 9.73. The topological polar surface area (TPSA) is 90.3 Å². The summed E-state index contributed by atoms with van der Waals surface area (Å²) in [6.07, 6.45) is 3.74. The second kappa shape index (κ2) is 4.91. The number of carbonyl (C=O) groups is 1. The van der Waals surface area contributed by atoms with E-state index in [1.165, 1.54) is 0 Å². The fourth-order valence-electron chi connectivity index (χ4n) is 8.48. The Morgan fingerprint density at radius 3 is 2.46 bits per heavy atom. The highest BCUT2D eigenvalue weighted by Crippen LogP contribution is 2.80. The number of hydrogen-bond donors (Lipinski definition) is 3. The molecule has 10 atom stereocenters. The Morgan fingerprint density at radius 1 is 1.04 bits per heavy atom. The number of fused-ring (bicyclic) bond motifs is 2. The fourth-order valence-corrected chi connectivity index (χ4v) is 8.48. The molecule has 5 aliphatic rings. The van der Waals surface area contributed by atoms with Gasteiger partial charge in [0, 0.05) is 17.3 Å². The molecule has 5 nitrogen and oxygen atoms in total. The van der Waals surface area contributed by atoms with Crippen molar-refractivity contribution < 1.29 is 24.9 Å². The number of aliphatic hydroxyl groups is 3. The minimum Gasteiger partial charge on any atom is -0.393 e. The molecule has 10 unspecified atom stereocenters. The largest absolute Gasteiger partial charge is 0.393 e. The molecule has 0 amide bonds. The SMILES string of the molecule is CC(=O)C1CCC23OC24CCC2CC(O)CCC2(C)C4C(O)C(O)C13C. The van der Waals surface area contributed by atoms with Crippen molar-refractivity contribution in [3.8, 4) is 0 Å². The quantitative estimate of drug-likeness (QED) is 0.618. The van der Waals surface area contributed by atoms with Crippen LogP contribution < -0.4 is 0 Å². The van der Waals surface area contributed by atoms with Crippen LogP contribution in [0.4, 0.5) is 0 Å². The van der Waals surface area contributed by atoms with E-state index in [9.17, 15) is 20.1 Å². The van der Waals surface area contributed by atoms with Gasteiger partial charge in [-0.1, -0.05) is 13.8 Å². The van der Waals surface area contributed by atoms with Gasteiger partial charge in [-0.15, -0.1) is 0 Å². The van der Waals surface area contributed by atoms with Crippen molar-refractivity contribution in [1.82, 2.24) is 0 Å². The number of aliphatic hydroxyl groups excluding tert-OH is 3. The molecule has 5 heteroatoms. The van der Waals surface area contributed by atoms with E-state index in [4.69, 9.17) is 4.74 Å². The maximum Gasteiger partial charge on any atom is 0.133 e. The van der Waals surface area contributed by atoms with Crippen molar-refractivity contribution >= 4 is 5.78 Å². The second-order valence-electron chi connectivity index (χ2n) is 10.4. The Morgan fingerprint density at radius 2 is 1.77 bits per heavy atom. The van der Waals surface area contributed by atoms with Crippen LogP contribution in [0.2, 0.25) is 0 Å². The number of hydrogen-bond acceptors (Lipinski definition) is 5. The third-order valence-electron chi connectivity index (χ3n) is 9.73. The molecule has 5 rings (SSSR count). The van der Waals surface area contributed by atoms with Crippen molar-refractivity contribution in [1.29, 1.82) is 0 Å². The molecule has 4 aliphatic carbocycles. The van der Waals surface area contributed by atoms with Crippen LogP contribution in [-0.2, 0) is 9.53 Å². The third kappa shape index (κ3) is 1.63. The minimum absolute atomic E-state index is 0.0976. The number of carbonyl (C=O) groups excluding carboxylic acids is 1. The maximum atomic E-state index is 12.3. The molecule has 3 N–H and O–H groups in total. The summed E-state index contributed by atoms with van der Waals surface area (Å²) in [5.74, 6) is 0.0981. The predicted octanol–water partition coefficient (Wildman–Crippen LogP) is 1.81. The first-order chi connectivity index (χ1) is 12.1. The predicted molar refractivity (Wildman–Crippen MR) is 94.3 cm³/mol. The van der Waals surface area contributed by atoms with Crippen LogP contribution in [0.3, 0.4) is 0 Å². The molecule has 0 bridgehead atoms. The van der Waals surface area contributed by atoms with Crippen LogP contribution in [-0.4, -0.2) is 50.6 Å². The van der Waals surface area contributed by atoms with E-state index in [1.807, 2.05) is 6.92 Å². The number of ether oxygens (including phenoxy) is 1. The lowest BCUT2D eigenvalue weighted by molar-refractivity contribution is -0.196. The molecule has 0 aromatic heterocycles. The zero-order valence-corrected chi connectivity index (χ0v) is 16.1. The van der Waals surface area contributed by atoms with Gasteiger partial charge in [-0.05, 0) is 63.2 Å². The van der Waals surface area contributed by atoms with Crippen molar-refractivity contribution in [2.45, 2.75) is 95.2 Å². The highest BCUT2D eigenvalue weighted by molar-refractivity contribution is 5.80. The average Bonchev–Trinajstić information content (AvgIpc) is 3.11. The lowest BCUT2D eigenvalue weighted by Gasteiger charge is -2.60. The van der Waals surface area contributed by atoms with Gasteiger partial charge in [0.05, 0.1) is 18.3 Å². The van der Waals surface area contributed by atoms with E-state index in [2.05, 4.69) is 6.92 Å². The summed E-state index contributed by atoms with van der Waals surface area (Å²) in [4.78, 5) is 12.3. The van der Waals surface area contributed by atoms with Gasteiger partial charge >= 0.3 is 0 Å². The Bertz CT molecular complexity index is 665. The molecule has 0 aromatic carbocycles. The van der Waals surface area contributed by atoms with Crippen LogP contribution >= 0.6 is 0 Å². The number of ketones is 1. The standard InChI is InChI=1S/C21H32O5/c1-11(22)14-6-9-21-19(14,3)17(25)15(24)16-18(2)7-5-13(23)10-12(18)4-8-20(16,21)26-21/h12-17,23-25H,4-10H2,1-3H3. The molecular weight excluding hydrogens is 332 g/mol. The van der Waals surface area contributed by atoms with Crippen molar-refractivity contribution in [2.24, 2.45) is 28.6 Å². The van der Waals surface area contributed by atoms with Gasteiger partial charge in [-0.25, -0.2) is 0 Å². The molecule has 4 saturated carbocycles. The average molecular weight is 364 g/mol. The number of rotatable bonds is 1. The summed E-state index contributed by atoms with van der Waals surface area (Å²) in [6, 6.07) is 0. The highest BCUT2D eigenvalue weighted by atomic mass is 16.6. The molecular formula is C21H32O5. The second-order valence-corrected chi connectivity index (χ2v) is 10.4.